The highest BCUT2D eigenvalue weighted by atomic mass is 35.5. The third kappa shape index (κ3) is 7.25. The summed E-state index contributed by atoms with van der Waals surface area (Å²) in [5.41, 5.74) is 2.56. The topological polar surface area (TPSA) is 45.5 Å². The molecule has 0 N–H and O–H groups in total. The minimum atomic E-state index is 0. The van der Waals surface area contributed by atoms with E-state index in [9.17, 15) is 0 Å². The largest absolute Gasteiger partial charge is 0.497 e. The van der Waals surface area contributed by atoms with E-state index in [2.05, 4.69) is 33.8 Å². The lowest BCUT2D eigenvalue weighted by atomic mass is 10.1. The average molecular weight is 403 g/mol. The van der Waals surface area contributed by atoms with E-state index in [0.29, 0.717) is 6.61 Å². The Morgan fingerprint density at radius 1 is 0.893 bits per heavy atom. The van der Waals surface area contributed by atoms with E-state index in [4.69, 9.17) is 14.2 Å². The van der Waals surface area contributed by atoms with Gasteiger partial charge in [-0.3, -0.25) is 0 Å². The number of hydrogen-bond donors (Lipinski definition) is 0. The van der Waals surface area contributed by atoms with Gasteiger partial charge in [0.15, 0.2) is 6.79 Å². The molecule has 0 saturated heterocycles. The molecule has 0 bridgehead atoms. The molecule has 0 spiro atoms. The first kappa shape index (κ1) is 21.8. The average Bonchev–Trinajstić information content (AvgIpc) is 3.24. The van der Waals surface area contributed by atoms with Gasteiger partial charge >= 0.3 is 0 Å². The van der Waals surface area contributed by atoms with Gasteiger partial charge in [0.05, 0.1) is 20.0 Å². The number of ether oxygens (including phenoxy) is 3. The highest BCUT2D eigenvalue weighted by Crippen LogP contribution is 2.14. The maximum Gasteiger partial charge on any atom is 0.189 e. The number of hydrogen-bond acceptors (Lipinski definition) is 4. The van der Waals surface area contributed by atoms with E-state index < -0.39 is 0 Å². The van der Waals surface area contributed by atoms with Crippen LogP contribution in [0.1, 0.15) is 17.5 Å². The predicted molar refractivity (Wildman–Crippen MR) is 112 cm³/mol. The van der Waals surface area contributed by atoms with Gasteiger partial charge in [-0.1, -0.05) is 24.3 Å². The van der Waals surface area contributed by atoms with Gasteiger partial charge in [-0.25, -0.2) is 4.98 Å². The Hall–Kier alpha value is -2.50. The fraction of sp³-hybridized carbons (Fsp3) is 0.318. The summed E-state index contributed by atoms with van der Waals surface area (Å²) in [4.78, 5) is 4.05. The van der Waals surface area contributed by atoms with Crippen molar-refractivity contribution in [2.24, 2.45) is 0 Å². The normalized spacial score (nSPS) is 10.3. The first-order valence-electron chi connectivity index (χ1n) is 9.21. The zero-order valence-electron chi connectivity index (χ0n) is 16.1. The Bertz CT molecular complexity index is 775. The zero-order chi connectivity index (χ0) is 18.7. The van der Waals surface area contributed by atoms with E-state index >= 15 is 0 Å². The Morgan fingerprint density at radius 3 is 2.21 bits per heavy atom. The van der Waals surface area contributed by atoms with Crippen molar-refractivity contribution in [1.29, 1.82) is 0 Å². The van der Waals surface area contributed by atoms with Crippen molar-refractivity contribution in [2.45, 2.75) is 25.8 Å². The van der Waals surface area contributed by atoms with Gasteiger partial charge in [0, 0.05) is 18.9 Å². The number of nitrogens with zero attached hydrogens (tertiary/aromatic N) is 2. The molecule has 5 nitrogen and oxygen atoms in total. The van der Waals surface area contributed by atoms with Crippen LogP contribution in [0.25, 0.3) is 0 Å². The van der Waals surface area contributed by atoms with Gasteiger partial charge < -0.3 is 18.8 Å². The standard InChI is InChI=1S/C22H26N2O3.ClH/c1-25-21-8-4-19(5-9-21)3-2-16-26-18-27-22-10-6-20(7-11-22)12-14-24-15-13-23-17-24;/h4-11,13,15,17H,2-3,12,14,16,18H2,1H3;1H. The fourth-order valence-corrected chi connectivity index (χ4v) is 2.77. The minimum Gasteiger partial charge on any atom is -0.497 e. The third-order valence-electron chi connectivity index (χ3n) is 4.36. The van der Waals surface area contributed by atoms with Crippen molar-refractivity contribution in [3.8, 4) is 11.5 Å². The Balaban J connectivity index is 0.00000280. The molecule has 0 radical (unpaired) electrons. The lowest BCUT2D eigenvalue weighted by Gasteiger charge is -2.09. The number of halogens is 1. The molecule has 0 fully saturated rings. The second kappa shape index (κ2) is 12.1. The molecule has 0 atom stereocenters. The molecular formula is C22H27ClN2O3. The molecule has 1 heterocycles. The van der Waals surface area contributed by atoms with Crippen molar-refractivity contribution in [3.05, 3.63) is 78.4 Å². The monoisotopic (exact) mass is 402 g/mol. The van der Waals surface area contributed by atoms with E-state index in [-0.39, 0.29) is 19.2 Å². The van der Waals surface area contributed by atoms with E-state index in [1.165, 1.54) is 11.1 Å². The molecule has 0 amide bonds. The smallest absolute Gasteiger partial charge is 0.189 e. The van der Waals surface area contributed by atoms with Crippen molar-refractivity contribution in [1.82, 2.24) is 9.55 Å². The molecule has 3 aromatic rings. The second-order valence-electron chi connectivity index (χ2n) is 6.32. The van der Waals surface area contributed by atoms with Crippen LogP contribution in [0.4, 0.5) is 0 Å². The Kier molecular flexibility index (Phi) is 9.39. The number of aromatic nitrogens is 2. The highest BCUT2D eigenvalue weighted by Gasteiger charge is 1.99. The van der Waals surface area contributed by atoms with E-state index in [0.717, 1.165) is 37.3 Å². The number of methoxy groups -OCH3 is 1. The molecule has 1 aromatic heterocycles. The van der Waals surface area contributed by atoms with Gasteiger partial charge in [0.2, 0.25) is 0 Å². The van der Waals surface area contributed by atoms with Crippen molar-refractivity contribution >= 4 is 12.4 Å². The van der Waals surface area contributed by atoms with E-state index in [1.807, 2.05) is 36.8 Å². The molecule has 0 unspecified atom stereocenters. The summed E-state index contributed by atoms with van der Waals surface area (Å²) in [5.74, 6) is 1.72. The summed E-state index contributed by atoms with van der Waals surface area (Å²) in [7, 11) is 1.68. The number of aryl methyl sites for hydroxylation is 3. The summed E-state index contributed by atoms with van der Waals surface area (Å²) in [6.07, 6.45) is 8.53. The van der Waals surface area contributed by atoms with Crippen molar-refractivity contribution in [3.63, 3.8) is 0 Å². The van der Waals surface area contributed by atoms with E-state index in [1.54, 1.807) is 13.3 Å². The molecule has 6 heteroatoms. The van der Waals surface area contributed by atoms with Gasteiger partial charge in [-0.15, -0.1) is 12.4 Å². The van der Waals surface area contributed by atoms with Gasteiger partial charge in [0.1, 0.15) is 11.5 Å². The number of rotatable bonds is 11. The molecule has 3 rings (SSSR count). The number of benzene rings is 2. The Labute approximate surface area is 172 Å². The van der Waals surface area contributed by atoms with Crippen LogP contribution in [0.15, 0.2) is 67.3 Å². The number of imidazole rings is 1. The minimum absolute atomic E-state index is 0. The molecule has 2 aromatic carbocycles. The van der Waals surface area contributed by atoms with Crippen molar-refractivity contribution in [2.75, 3.05) is 20.5 Å². The van der Waals surface area contributed by atoms with Crippen molar-refractivity contribution < 1.29 is 14.2 Å². The van der Waals surface area contributed by atoms with Crippen LogP contribution in [-0.4, -0.2) is 30.1 Å². The fourth-order valence-electron chi connectivity index (χ4n) is 2.77. The molecular weight excluding hydrogens is 376 g/mol. The predicted octanol–water partition coefficient (Wildman–Crippen LogP) is 4.54. The van der Waals surface area contributed by atoms with Crippen LogP contribution in [0.2, 0.25) is 0 Å². The van der Waals surface area contributed by atoms with Crippen LogP contribution in [-0.2, 0) is 24.1 Å². The quantitative estimate of drug-likeness (QED) is 0.349. The zero-order valence-corrected chi connectivity index (χ0v) is 16.9. The summed E-state index contributed by atoms with van der Waals surface area (Å²) in [6.45, 7) is 1.88. The molecule has 150 valence electrons. The van der Waals surface area contributed by atoms with Crippen LogP contribution in [0.5, 0.6) is 11.5 Å². The molecule has 0 saturated carbocycles. The maximum atomic E-state index is 5.64. The first-order valence-corrected chi connectivity index (χ1v) is 9.21. The lowest BCUT2D eigenvalue weighted by Crippen LogP contribution is -2.05. The Morgan fingerprint density at radius 2 is 1.57 bits per heavy atom. The summed E-state index contributed by atoms with van der Waals surface area (Å²) in [6, 6.07) is 16.3. The van der Waals surface area contributed by atoms with Crippen LogP contribution < -0.4 is 9.47 Å². The van der Waals surface area contributed by atoms with Crippen LogP contribution in [0, 0.1) is 0 Å². The van der Waals surface area contributed by atoms with Crippen LogP contribution >= 0.6 is 12.4 Å². The lowest BCUT2D eigenvalue weighted by molar-refractivity contribution is 0.0143. The van der Waals surface area contributed by atoms with Gasteiger partial charge in [-0.05, 0) is 54.7 Å². The molecule has 0 aliphatic rings. The van der Waals surface area contributed by atoms with Gasteiger partial charge in [-0.2, -0.15) is 0 Å². The third-order valence-corrected chi connectivity index (χ3v) is 4.36. The summed E-state index contributed by atoms with van der Waals surface area (Å²) >= 11 is 0. The SMILES string of the molecule is COc1ccc(CCCOCOc2ccc(CCn3ccnc3)cc2)cc1.Cl. The van der Waals surface area contributed by atoms with Gasteiger partial charge in [0.25, 0.3) is 0 Å². The molecule has 0 aliphatic heterocycles. The highest BCUT2D eigenvalue weighted by molar-refractivity contribution is 5.85. The second-order valence-corrected chi connectivity index (χ2v) is 6.32. The summed E-state index contributed by atoms with van der Waals surface area (Å²) < 4.78 is 18.4. The summed E-state index contributed by atoms with van der Waals surface area (Å²) in [5, 5.41) is 0. The molecule has 0 aliphatic carbocycles. The maximum absolute atomic E-state index is 5.64. The first-order chi connectivity index (χ1) is 13.3. The molecule has 28 heavy (non-hydrogen) atoms. The van der Waals surface area contributed by atoms with Crippen LogP contribution in [0.3, 0.4) is 0 Å².